The van der Waals surface area contributed by atoms with Crippen LogP contribution in [0.1, 0.15) is 16.0 Å². The first-order valence-electron chi connectivity index (χ1n) is 4.90. The van der Waals surface area contributed by atoms with Crippen LogP contribution < -0.4 is 4.74 Å². The highest BCUT2D eigenvalue weighted by atomic mass is 79.9. The molecule has 0 aliphatic heterocycles. The first-order chi connectivity index (χ1) is 7.74. The van der Waals surface area contributed by atoms with Crippen LogP contribution in [0.2, 0.25) is 0 Å². The predicted molar refractivity (Wildman–Crippen MR) is 76.8 cm³/mol. The molecule has 1 aromatic rings. The Labute approximate surface area is 119 Å². The zero-order valence-electron chi connectivity index (χ0n) is 9.83. The molecule has 6 heteroatoms. The van der Waals surface area contributed by atoms with E-state index in [4.69, 9.17) is 4.74 Å². The summed E-state index contributed by atoms with van der Waals surface area (Å²) in [6.45, 7) is 1.95. The van der Waals surface area contributed by atoms with E-state index in [1.807, 2.05) is 19.1 Å². The molecule has 3 nitrogen and oxygen atoms in total. The highest BCUT2D eigenvalue weighted by molar-refractivity contribution is 9.10. The number of sulfone groups is 1. The zero-order valence-corrected chi connectivity index (χ0v) is 13.8. The van der Waals surface area contributed by atoms with Gasteiger partial charge in [0, 0.05) is 16.3 Å². The summed E-state index contributed by atoms with van der Waals surface area (Å²) in [7, 11) is -1.46. The summed E-state index contributed by atoms with van der Waals surface area (Å²) in [6, 6.07) is 3.77. The van der Waals surface area contributed by atoms with E-state index in [2.05, 4.69) is 31.9 Å². The third kappa shape index (κ3) is 4.26. The molecule has 0 aliphatic carbocycles. The number of hydrogen-bond donors (Lipinski definition) is 0. The number of benzene rings is 1. The smallest absolute Gasteiger partial charge is 0.148 e. The highest BCUT2D eigenvalue weighted by Gasteiger charge is 2.19. The minimum atomic E-state index is -3.04. The summed E-state index contributed by atoms with van der Waals surface area (Å²) < 4.78 is 28.8. The maximum absolute atomic E-state index is 11.3. The summed E-state index contributed by atoms with van der Waals surface area (Å²) in [5.74, 6) is 0.731. The molecule has 1 atom stereocenters. The summed E-state index contributed by atoms with van der Waals surface area (Å²) in [6.07, 6.45) is 1.22. The average Bonchev–Trinajstić information content (AvgIpc) is 2.18. The minimum absolute atomic E-state index is 0.0405. The van der Waals surface area contributed by atoms with Gasteiger partial charge in [-0.15, -0.1) is 0 Å². The van der Waals surface area contributed by atoms with Gasteiger partial charge in [0.15, 0.2) is 0 Å². The van der Waals surface area contributed by atoms with Gasteiger partial charge in [0.05, 0.1) is 17.7 Å². The lowest BCUT2D eigenvalue weighted by Crippen LogP contribution is -2.09. The lowest BCUT2D eigenvalue weighted by molar-refractivity contribution is 0.409. The fraction of sp³-hybridized carbons (Fsp3) is 0.455. The van der Waals surface area contributed by atoms with E-state index in [0.29, 0.717) is 5.75 Å². The summed E-state index contributed by atoms with van der Waals surface area (Å²) in [4.78, 5) is -0.274. The Bertz CT molecular complexity index is 512. The van der Waals surface area contributed by atoms with Crippen LogP contribution in [-0.2, 0) is 9.84 Å². The van der Waals surface area contributed by atoms with Crippen molar-refractivity contribution in [3.8, 4) is 5.75 Å². The Morgan fingerprint density at radius 3 is 2.47 bits per heavy atom. The van der Waals surface area contributed by atoms with Gasteiger partial charge in [-0.2, -0.15) is 0 Å². The first kappa shape index (κ1) is 15.0. The Balaban J connectivity index is 3.16. The number of methoxy groups -OCH3 is 1. The normalized spacial score (nSPS) is 13.5. The van der Waals surface area contributed by atoms with Gasteiger partial charge in [-0.3, -0.25) is 0 Å². The Morgan fingerprint density at radius 1 is 1.41 bits per heavy atom. The topological polar surface area (TPSA) is 43.4 Å². The predicted octanol–water partition coefficient (Wildman–Crippen LogP) is 3.25. The van der Waals surface area contributed by atoms with Crippen LogP contribution in [0.5, 0.6) is 5.75 Å². The Hall–Kier alpha value is -0.0700. The second-order valence-corrected chi connectivity index (χ2v) is 8.05. The molecule has 17 heavy (non-hydrogen) atoms. The third-order valence-corrected chi connectivity index (χ3v) is 5.34. The lowest BCUT2D eigenvalue weighted by Gasteiger charge is -2.15. The number of rotatable bonds is 4. The molecule has 0 radical (unpaired) electrons. The van der Waals surface area contributed by atoms with E-state index in [1.165, 1.54) is 6.26 Å². The maximum atomic E-state index is 11.3. The zero-order chi connectivity index (χ0) is 13.2. The largest absolute Gasteiger partial charge is 0.496 e. The van der Waals surface area contributed by atoms with Crippen LogP contribution >= 0.6 is 31.9 Å². The number of hydrogen-bond acceptors (Lipinski definition) is 3. The molecule has 0 heterocycles. The van der Waals surface area contributed by atoms with Gasteiger partial charge in [-0.1, -0.05) is 31.9 Å². The van der Waals surface area contributed by atoms with E-state index in [0.717, 1.165) is 15.6 Å². The molecule has 0 aliphatic rings. The van der Waals surface area contributed by atoms with Crippen LogP contribution in [0.15, 0.2) is 16.6 Å². The van der Waals surface area contributed by atoms with Crippen LogP contribution in [0.25, 0.3) is 0 Å². The fourth-order valence-electron chi connectivity index (χ4n) is 1.45. The van der Waals surface area contributed by atoms with Gasteiger partial charge in [0.2, 0.25) is 0 Å². The summed E-state index contributed by atoms with van der Waals surface area (Å²) in [5, 5.41) is 0. The van der Waals surface area contributed by atoms with Gasteiger partial charge in [0.25, 0.3) is 0 Å². The van der Waals surface area contributed by atoms with Crippen molar-refractivity contribution in [2.24, 2.45) is 0 Å². The van der Waals surface area contributed by atoms with E-state index in [-0.39, 0.29) is 10.6 Å². The van der Waals surface area contributed by atoms with E-state index in [1.54, 1.807) is 7.11 Å². The second-order valence-electron chi connectivity index (χ2n) is 3.90. The molecular formula is C11H14Br2O3S. The van der Waals surface area contributed by atoms with Crippen molar-refractivity contribution < 1.29 is 13.2 Å². The fourth-order valence-corrected chi connectivity index (χ4v) is 4.32. The quantitative estimate of drug-likeness (QED) is 0.747. The van der Waals surface area contributed by atoms with Crippen LogP contribution in [0.3, 0.4) is 0 Å². The molecule has 0 saturated heterocycles. The van der Waals surface area contributed by atoms with E-state index in [9.17, 15) is 8.42 Å². The molecule has 0 fully saturated rings. The van der Waals surface area contributed by atoms with Gasteiger partial charge in [-0.25, -0.2) is 8.42 Å². The highest BCUT2D eigenvalue weighted by Crippen LogP contribution is 2.35. The van der Waals surface area contributed by atoms with Gasteiger partial charge >= 0.3 is 0 Å². The molecule has 0 spiro atoms. The molecule has 0 aromatic heterocycles. The molecule has 1 aromatic carbocycles. The molecule has 0 N–H and O–H groups in total. The molecule has 1 rings (SSSR count). The number of aryl methyl sites for hydroxylation is 1. The van der Waals surface area contributed by atoms with Crippen molar-refractivity contribution in [3.05, 3.63) is 27.7 Å². The van der Waals surface area contributed by atoms with Crippen molar-refractivity contribution in [1.29, 1.82) is 0 Å². The van der Waals surface area contributed by atoms with Crippen molar-refractivity contribution in [3.63, 3.8) is 0 Å². The molecule has 1 unspecified atom stereocenters. The van der Waals surface area contributed by atoms with Crippen LogP contribution in [-0.4, -0.2) is 27.5 Å². The summed E-state index contributed by atoms with van der Waals surface area (Å²) in [5.41, 5.74) is 1.88. The number of alkyl halides is 1. The van der Waals surface area contributed by atoms with Crippen molar-refractivity contribution >= 4 is 41.7 Å². The Kier molecular flexibility index (Phi) is 5.04. The van der Waals surface area contributed by atoms with E-state index < -0.39 is 9.84 Å². The van der Waals surface area contributed by atoms with Crippen LogP contribution in [0.4, 0.5) is 0 Å². The van der Waals surface area contributed by atoms with Crippen molar-refractivity contribution in [1.82, 2.24) is 0 Å². The van der Waals surface area contributed by atoms with Crippen molar-refractivity contribution in [2.45, 2.75) is 11.8 Å². The molecule has 0 amide bonds. The molecular weight excluding hydrogens is 372 g/mol. The lowest BCUT2D eigenvalue weighted by atomic mass is 10.1. The van der Waals surface area contributed by atoms with Crippen molar-refractivity contribution in [2.75, 3.05) is 19.1 Å². The summed E-state index contributed by atoms with van der Waals surface area (Å²) >= 11 is 6.82. The standard InChI is InChI=1S/C11H14Br2O3S/c1-7-4-11(16-2)8(5-9(7)12)10(13)6-17(3,14)15/h4-5,10H,6H2,1-3H3. The van der Waals surface area contributed by atoms with Crippen LogP contribution in [0, 0.1) is 6.92 Å². The third-order valence-electron chi connectivity index (χ3n) is 2.30. The molecule has 0 bridgehead atoms. The molecule has 0 saturated carbocycles. The first-order valence-corrected chi connectivity index (χ1v) is 8.67. The monoisotopic (exact) mass is 384 g/mol. The van der Waals surface area contributed by atoms with E-state index >= 15 is 0 Å². The van der Waals surface area contributed by atoms with Gasteiger partial charge in [-0.05, 0) is 24.6 Å². The number of ether oxygens (including phenoxy) is 1. The molecule has 96 valence electrons. The average molecular weight is 386 g/mol. The maximum Gasteiger partial charge on any atom is 0.148 e. The SMILES string of the molecule is COc1cc(C)c(Br)cc1C(Br)CS(C)(=O)=O. The Morgan fingerprint density at radius 2 is 2.00 bits per heavy atom. The van der Waals surface area contributed by atoms with Gasteiger partial charge in [0.1, 0.15) is 15.6 Å². The van der Waals surface area contributed by atoms with Gasteiger partial charge < -0.3 is 4.74 Å². The minimum Gasteiger partial charge on any atom is -0.496 e. The second kappa shape index (κ2) is 5.71. The number of halogens is 2.